The standard InChI is InChI=1S/C13H25N3O.ClH/c1-11-2-6-15(7-3-11)13(17)16-8-4-12(10-14)5-9-16;/h11-12H,2-10,14H2,1H3;1H. The molecule has 0 aromatic rings. The third-order valence-electron chi connectivity index (χ3n) is 4.27. The highest BCUT2D eigenvalue weighted by atomic mass is 35.5. The van der Waals surface area contributed by atoms with Crippen LogP contribution in [0.25, 0.3) is 0 Å². The van der Waals surface area contributed by atoms with Gasteiger partial charge in [0.1, 0.15) is 0 Å². The zero-order valence-electron chi connectivity index (χ0n) is 11.3. The molecular weight excluding hydrogens is 250 g/mol. The summed E-state index contributed by atoms with van der Waals surface area (Å²) >= 11 is 0. The molecule has 0 spiro atoms. The molecule has 2 saturated heterocycles. The molecule has 2 amide bonds. The minimum absolute atomic E-state index is 0. The van der Waals surface area contributed by atoms with Crippen LogP contribution < -0.4 is 5.73 Å². The second kappa shape index (κ2) is 7.19. The van der Waals surface area contributed by atoms with Gasteiger partial charge in [0.25, 0.3) is 0 Å². The Morgan fingerprint density at radius 1 is 1.06 bits per heavy atom. The normalized spacial score (nSPS) is 22.8. The maximum atomic E-state index is 12.3. The van der Waals surface area contributed by atoms with E-state index in [1.54, 1.807) is 0 Å². The molecule has 2 N–H and O–H groups in total. The van der Waals surface area contributed by atoms with E-state index in [-0.39, 0.29) is 18.4 Å². The quantitative estimate of drug-likeness (QED) is 0.795. The van der Waals surface area contributed by atoms with Gasteiger partial charge < -0.3 is 15.5 Å². The lowest BCUT2D eigenvalue weighted by molar-refractivity contribution is 0.119. The molecule has 0 saturated carbocycles. The highest BCUT2D eigenvalue weighted by molar-refractivity contribution is 5.85. The SMILES string of the molecule is CC1CCN(C(=O)N2CCC(CN)CC2)CC1.Cl. The molecule has 2 aliphatic rings. The highest BCUT2D eigenvalue weighted by Crippen LogP contribution is 2.20. The van der Waals surface area contributed by atoms with Gasteiger partial charge in [-0.15, -0.1) is 12.4 Å². The predicted octanol–water partition coefficient (Wildman–Crippen LogP) is 1.93. The van der Waals surface area contributed by atoms with Gasteiger partial charge in [-0.2, -0.15) is 0 Å². The van der Waals surface area contributed by atoms with Crippen LogP contribution in [0.5, 0.6) is 0 Å². The number of carbonyl (C=O) groups is 1. The summed E-state index contributed by atoms with van der Waals surface area (Å²) in [7, 11) is 0. The van der Waals surface area contributed by atoms with Crippen molar-refractivity contribution in [1.82, 2.24) is 9.80 Å². The summed E-state index contributed by atoms with van der Waals surface area (Å²) in [6.45, 7) is 6.71. The Balaban J connectivity index is 0.00000162. The van der Waals surface area contributed by atoms with Gasteiger partial charge in [0.15, 0.2) is 0 Å². The Hall–Kier alpha value is -0.480. The third kappa shape index (κ3) is 3.75. The van der Waals surface area contributed by atoms with Gasteiger partial charge in [0, 0.05) is 26.2 Å². The van der Waals surface area contributed by atoms with Crippen LogP contribution in [0.3, 0.4) is 0 Å². The first-order chi connectivity index (χ1) is 8.20. The first kappa shape index (κ1) is 15.6. The Morgan fingerprint density at radius 3 is 1.94 bits per heavy atom. The minimum atomic E-state index is 0. The van der Waals surface area contributed by atoms with Crippen molar-refractivity contribution >= 4 is 18.4 Å². The summed E-state index contributed by atoms with van der Waals surface area (Å²) in [5.74, 6) is 1.41. The molecule has 0 aromatic heterocycles. The lowest BCUT2D eigenvalue weighted by Gasteiger charge is -2.38. The molecule has 2 rings (SSSR count). The number of carbonyl (C=O) groups excluding carboxylic acids is 1. The summed E-state index contributed by atoms with van der Waals surface area (Å²) in [6.07, 6.45) is 4.47. The van der Waals surface area contributed by atoms with Crippen LogP contribution in [0.4, 0.5) is 4.79 Å². The fraction of sp³-hybridized carbons (Fsp3) is 0.923. The van der Waals surface area contributed by atoms with Gasteiger partial charge in [-0.1, -0.05) is 6.92 Å². The van der Waals surface area contributed by atoms with Gasteiger partial charge >= 0.3 is 6.03 Å². The maximum absolute atomic E-state index is 12.3. The zero-order chi connectivity index (χ0) is 12.3. The number of nitrogens with two attached hydrogens (primary N) is 1. The van der Waals surface area contributed by atoms with Gasteiger partial charge in [-0.3, -0.25) is 0 Å². The van der Waals surface area contributed by atoms with Gasteiger partial charge in [0.05, 0.1) is 0 Å². The van der Waals surface area contributed by atoms with Crippen molar-refractivity contribution in [3.63, 3.8) is 0 Å². The van der Waals surface area contributed by atoms with E-state index in [1.807, 2.05) is 9.80 Å². The van der Waals surface area contributed by atoms with E-state index in [1.165, 1.54) is 0 Å². The highest BCUT2D eigenvalue weighted by Gasteiger charge is 2.27. The number of halogens is 1. The molecule has 2 fully saturated rings. The van der Waals surface area contributed by atoms with E-state index in [0.717, 1.165) is 64.3 Å². The molecular formula is C13H26ClN3O. The van der Waals surface area contributed by atoms with Crippen molar-refractivity contribution in [3.8, 4) is 0 Å². The largest absolute Gasteiger partial charge is 0.330 e. The maximum Gasteiger partial charge on any atom is 0.319 e. The van der Waals surface area contributed by atoms with E-state index in [4.69, 9.17) is 5.73 Å². The number of amides is 2. The lowest BCUT2D eigenvalue weighted by Crippen LogP contribution is -2.49. The average Bonchev–Trinajstić information content (AvgIpc) is 2.39. The Morgan fingerprint density at radius 2 is 1.50 bits per heavy atom. The van der Waals surface area contributed by atoms with Crippen LogP contribution in [-0.2, 0) is 0 Å². The predicted molar refractivity (Wildman–Crippen MR) is 76.0 cm³/mol. The minimum Gasteiger partial charge on any atom is -0.330 e. The van der Waals surface area contributed by atoms with E-state index >= 15 is 0 Å². The van der Waals surface area contributed by atoms with E-state index in [0.29, 0.717) is 5.92 Å². The van der Waals surface area contributed by atoms with Crippen LogP contribution in [0.15, 0.2) is 0 Å². The monoisotopic (exact) mass is 275 g/mol. The molecule has 5 heteroatoms. The van der Waals surface area contributed by atoms with Crippen LogP contribution in [0.2, 0.25) is 0 Å². The van der Waals surface area contributed by atoms with E-state index in [9.17, 15) is 4.79 Å². The van der Waals surface area contributed by atoms with Crippen LogP contribution >= 0.6 is 12.4 Å². The summed E-state index contributed by atoms with van der Waals surface area (Å²) in [5.41, 5.74) is 5.67. The number of piperidine rings is 2. The van der Waals surface area contributed by atoms with Gasteiger partial charge in [-0.25, -0.2) is 4.79 Å². The fourth-order valence-corrected chi connectivity index (χ4v) is 2.76. The topological polar surface area (TPSA) is 49.6 Å². The molecule has 18 heavy (non-hydrogen) atoms. The number of urea groups is 1. The molecule has 0 bridgehead atoms. The number of hydrogen-bond donors (Lipinski definition) is 1. The summed E-state index contributed by atoms with van der Waals surface area (Å²) < 4.78 is 0. The average molecular weight is 276 g/mol. The molecule has 2 aliphatic heterocycles. The Bertz CT molecular complexity index is 259. The second-order valence-corrected chi connectivity index (χ2v) is 5.62. The molecule has 0 aliphatic carbocycles. The summed E-state index contributed by atoms with van der Waals surface area (Å²) in [6, 6.07) is 0.257. The van der Waals surface area contributed by atoms with Crippen molar-refractivity contribution in [1.29, 1.82) is 0 Å². The first-order valence-corrected chi connectivity index (χ1v) is 6.94. The Labute approximate surface area is 116 Å². The first-order valence-electron chi connectivity index (χ1n) is 6.94. The molecule has 106 valence electrons. The molecule has 0 atom stereocenters. The molecule has 0 radical (unpaired) electrons. The Kier molecular flexibility index (Phi) is 6.22. The fourth-order valence-electron chi connectivity index (χ4n) is 2.76. The van der Waals surface area contributed by atoms with Crippen molar-refractivity contribution in [2.45, 2.75) is 32.6 Å². The van der Waals surface area contributed by atoms with Crippen LogP contribution in [-0.4, -0.2) is 48.6 Å². The zero-order valence-corrected chi connectivity index (χ0v) is 12.1. The van der Waals surface area contributed by atoms with Gasteiger partial charge in [-0.05, 0) is 44.1 Å². The van der Waals surface area contributed by atoms with Crippen molar-refractivity contribution < 1.29 is 4.79 Å². The number of likely N-dealkylation sites (tertiary alicyclic amines) is 2. The van der Waals surface area contributed by atoms with Crippen LogP contribution in [0, 0.1) is 11.8 Å². The lowest BCUT2D eigenvalue weighted by atomic mass is 9.97. The molecule has 0 aromatic carbocycles. The van der Waals surface area contributed by atoms with Crippen LogP contribution in [0.1, 0.15) is 32.6 Å². The molecule has 0 unspecified atom stereocenters. The van der Waals surface area contributed by atoms with Gasteiger partial charge in [0.2, 0.25) is 0 Å². The second-order valence-electron chi connectivity index (χ2n) is 5.62. The van der Waals surface area contributed by atoms with Crippen molar-refractivity contribution in [2.75, 3.05) is 32.7 Å². The van der Waals surface area contributed by atoms with E-state index < -0.39 is 0 Å². The molecule has 4 nitrogen and oxygen atoms in total. The summed E-state index contributed by atoms with van der Waals surface area (Å²) in [5, 5.41) is 0. The number of hydrogen-bond acceptors (Lipinski definition) is 2. The summed E-state index contributed by atoms with van der Waals surface area (Å²) in [4.78, 5) is 16.3. The number of nitrogens with zero attached hydrogens (tertiary/aromatic N) is 2. The molecule has 2 heterocycles. The van der Waals surface area contributed by atoms with E-state index in [2.05, 4.69) is 6.92 Å². The number of rotatable bonds is 1. The van der Waals surface area contributed by atoms with Crippen molar-refractivity contribution in [2.24, 2.45) is 17.6 Å². The van der Waals surface area contributed by atoms with Crippen molar-refractivity contribution in [3.05, 3.63) is 0 Å². The third-order valence-corrected chi connectivity index (χ3v) is 4.27. The smallest absolute Gasteiger partial charge is 0.319 e.